The van der Waals surface area contributed by atoms with E-state index < -0.39 is 10.0 Å². The number of hydrogen-bond acceptors (Lipinski definition) is 5. The highest BCUT2D eigenvalue weighted by Crippen LogP contribution is 2.28. The van der Waals surface area contributed by atoms with Crippen LogP contribution in [0.25, 0.3) is 0 Å². The number of anilines is 2. The highest BCUT2D eigenvalue weighted by atomic mass is 32.2. The number of carbonyl (C=O) groups excluding carboxylic acids is 2. The Morgan fingerprint density at radius 2 is 1.68 bits per heavy atom. The number of carbonyl (C=O) groups is 2. The molecule has 2 aliphatic heterocycles. The van der Waals surface area contributed by atoms with Crippen LogP contribution in [-0.2, 0) is 26.0 Å². The molecule has 2 amide bonds. The van der Waals surface area contributed by atoms with E-state index in [-0.39, 0.29) is 18.4 Å². The largest absolute Gasteiger partial charge is 0.378 e. The van der Waals surface area contributed by atoms with Crippen molar-refractivity contribution in [3.63, 3.8) is 0 Å². The molecule has 9 heteroatoms. The molecule has 31 heavy (non-hydrogen) atoms. The smallest absolute Gasteiger partial charge is 0.254 e. The van der Waals surface area contributed by atoms with Gasteiger partial charge in [0, 0.05) is 30.9 Å². The number of amides is 2. The van der Waals surface area contributed by atoms with Gasteiger partial charge in [-0.3, -0.25) is 13.9 Å². The third-order valence-corrected chi connectivity index (χ3v) is 6.71. The maximum absolute atomic E-state index is 13.0. The number of sulfonamides is 1. The van der Waals surface area contributed by atoms with Gasteiger partial charge in [0.05, 0.1) is 25.2 Å². The first-order valence-corrected chi connectivity index (χ1v) is 12.0. The quantitative estimate of drug-likeness (QED) is 0.699. The fraction of sp³-hybridized carbons (Fsp3) is 0.364. The molecule has 0 atom stereocenters. The summed E-state index contributed by atoms with van der Waals surface area (Å²) in [5.74, 6) is -0.408. The fourth-order valence-electron chi connectivity index (χ4n) is 3.92. The Bertz CT molecular complexity index is 1080. The molecule has 0 aromatic heterocycles. The molecular formula is C22H25N3O5S. The average molecular weight is 444 g/mol. The zero-order chi connectivity index (χ0) is 22.0. The number of ether oxygens (including phenoxy) is 1. The van der Waals surface area contributed by atoms with E-state index >= 15 is 0 Å². The van der Waals surface area contributed by atoms with Gasteiger partial charge < -0.3 is 14.5 Å². The molecule has 8 nitrogen and oxygen atoms in total. The van der Waals surface area contributed by atoms with E-state index in [1.807, 2.05) is 24.3 Å². The summed E-state index contributed by atoms with van der Waals surface area (Å²) in [5, 5.41) is 0. The number of nitrogens with zero attached hydrogens (tertiary/aromatic N) is 3. The first kappa shape index (κ1) is 21.3. The SMILES string of the molecule is CS(=O)(=O)N(CC(=O)N1CCc2ccccc21)c1ccc(C(=O)N2CCOCC2)cc1. The minimum atomic E-state index is -3.70. The topological polar surface area (TPSA) is 87.2 Å². The summed E-state index contributed by atoms with van der Waals surface area (Å²) in [6.07, 6.45) is 1.82. The molecule has 0 aliphatic carbocycles. The lowest BCUT2D eigenvalue weighted by Crippen LogP contribution is -2.42. The predicted octanol–water partition coefficient (Wildman–Crippen LogP) is 1.51. The summed E-state index contributed by atoms with van der Waals surface area (Å²) in [6.45, 7) is 2.30. The Morgan fingerprint density at radius 1 is 1.00 bits per heavy atom. The molecule has 0 radical (unpaired) electrons. The van der Waals surface area contributed by atoms with Gasteiger partial charge >= 0.3 is 0 Å². The van der Waals surface area contributed by atoms with Gasteiger partial charge in [-0.2, -0.15) is 0 Å². The number of benzene rings is 2. The Kier molecular flexibility index (Phi) is 5.97. The average Bonchev–Trinajstić information content (AvgIpc) is 3.21. The van der Waals surface area contributed by atoms with Crippen LogP contribution in [0.15, 0.2) is 48.5 Å². The van der Waals surface area contributed by atoms with E-state index in [4.69, 9.17) is 4.74 Å². The maximum Gasteiger partial charge on any atom is 0.254 e. The van der Waals surface area contributed by atoms with Crippen molar-refractivity contribution in [3.8, 4) is 0 Å². The van der Waals surface area contributed by atoms with Crippen molar-refractivity contribution in [1.82, 2.24) is 4.90 Å². The molecule has 164 valence electrons. The molecular weight excluding hydrogens is 418 g/mol. The molecule has 0 spiro atoms. The van der Waals surface area contributed by atoms with Crippen LogP contribution in [0.2, 0.25) is 0 Å². The van der Waals surface area contributed by atoms with Crippen LogP contribution in [0.1, 0.15) is 15.9 Å². The van der Waals surface area contributed by atoms with Gasteiger partial charge in [0.25, 0.3) is 5.91 Å². The van der Waals surface area contributed by atoms with Crippen LogP contribution in [0.5, 0.6) is 0 Å². The molecule has 2 heterocycles. The molecule has 0 bridgehead atoms. The van der Waals surface area contributed by atoms with E-state index in [1.54, 1.807) is 34.1 Å². The summed E-state index contributed by atoms with van der Waals surface area (Å²) in [5.41, 5.74) is 2.72. The molecule has 0 N–H and O–H groups in total. The normalized spacial score (nSPS) is 16.2. The first-order chi connectivity index (χ1) is 14.8. The van der Waals surface area contributed by atoms with E-state index in [9.17, 15) is 18.0 Å². The standard InChI is InChI=1S/C22H25N3O5S/c1-31(28,29)25(16-21(26)24-11-10-17-4-2-3-5-20(17)24)19-8-6-18(7-9-19)22(27)23-12-14-30-15-13-23/h2-9H,10-16H2,1H3. The van der Waals surface area contributed by atoms with Crippen molar-refractivity contribution in [2.45, 2.75) is 6.42 Å². The predicted molar refractivity (Wildman–Crippen MR) is 118 cm³/mol. The molecule has 1 saturated heterocycles. The summed E-state index contributed by atoms with van der Waals surface area (Å²) in [6, 6.07) is 14.0. The summed E-state index contributed by atoms with van der Waals surface area (Å²) >= 11 is 0. The van der Waals surface area contributed by atoms with E-state index in [0.29, 0.717) is 44.1 Å². The highest BCUT2D eigenvalue weighted by molar-refractivity contribution is 7.92. The number of hydrogen-bond donors (Lipinski definition) is 0. The lowest BCUT2D eigenvalue weighted by Gasteiger charge is -2.27. The second-order valence-electron chi connectivity index (χ2n) is 7.65. The van der Waals surface area contributed by atoms with E-state index in [1.165, 1.54) is 0 Å². The third-order valence-electron chi connectivity index (χ3n) is 5.57. The van der Waals surface area contributed by atoms with E-state index in [2.05, 4.69) is 0 Å². The molecule has 2 aliphatic rings. The van der Waals surface area contributed by atoms with Crippen molar-refractivity contribution in [1.29, 1.82) is 0 Å². The van der Waals surface area contributed by atoms with Gasteiger partial charge in [0.15, 0.2) is 0 Å². The van der Waals surface area contributed by atoms with Crippen LogP contribution >= 0.6 is 0 Å². The van der Waals surface area contributed by atoms with Gasteiger partial charge in [-0.15, -0.1) is 0 Å². The van der Waals surface area contributed by atoms with Crippen LogP contribution < -0.4 is 9.21 Å². The highest BCUT2D eigenvalue weighted by Gasteiger charge is 2.29. The fourth-order valence-corrected chi connectivity index (χ4v) is 4.77. The minimum absolute atomic E-state index is 0.120. The zero-order valence-electron chi connectivity index (χ0n) is 17.4. The number of morpholine rings is 1. The van der Waals surface area contributed by atoms with Gasteiger partial charge in [0.1, 0.15) is 6.54 Å². The molecule has 1 fully saturated rings. The second-order valence-corrected chi connectivity index (χ2v) is 9.55. The van der Waals surface area contributed by atoms with Crippen LogP contribution in [0.3, 0.4) is 0 Å². The Morgan fingerprint density at radius 3 is 2.35 bits per heavy atom. The first-order valence-electron chi connectivity index (χ1n) is 10.2. The molecule has 4 rings (SSSR count). The zero-order valence-corrected chi connectivity index (χ0v) is 18.2. The summed E-state index contributed by atoms with van der Waals surface area (Å²) < 4.78 is 31.3. The Hall–Kier alpha value is -2.91. The number of fused-ring (bicyclic) bond motifs is 1. The Balaban J connectivity index is 1.52. The molecule has 0 saturated carbocycles. The lowest BCUT2D eigenvalue weighted by atomic mass is 10.1. The monoisotopic (exact) mass is 443 g/mol. The van der Waals surface area contributed by atoms with Crippen molar-refractivity contribution in [2.24, 2.45) is 0 Å². The lowest BCUT2D eigenvalue weighted by molar-refractivity contribution is -0.117. The van der Waals surface area contributed by atoms with Crippen molar-refractivity contribution < 1.29 is 22.7 Å². The maximum atomic E-state index is 13.0. The van der Waals surface area contributed by atoms with Gasteiger partial charge in [-0.05, 0) is 42.3 Å². The molecule has 0 unspecified atom stereocenters. The van der Waals surface area contributed by atoms with E-state index in [0.717, 1.165) is 28.2 Å². The van der Waals surface area contributed by atoms with Crippen molar-refractivity contribution in [2.75, 3.05) is 54.9 Å². The van der Waals surface area contributed by atoms with Gasteiger partial charge in [-0.25, -0.2) is 8.42 Å². The molecule has 2 aromatic rings. The third kappa shape index (κ3) is 4.57. The van der Waals surface area contributed by atoms with Crippen molar-refractivity contribution >= 4 is 33.2 Å². The van der Waals surface area contributed by atoms with Gasteiger partial charge in [-0.1, -0.05) is 18.2 Å². The number of para-hydroxylation sites is 1. The minimum Gasteiger partial charge on any atom is -0.378 e. The van der Waals surface area contributed by atoms with Crippen LogP contribution in [-0.4, -0.2) is 70.8 Å². The number of rotatable bonds is 5. The molecule has 2 aromatic carbocycles. The summed E-state index contributed by atoms with van der Waals surface area (Å²) in [4.78, 5) is 28.9. The van der Waals surface area contributed by atoms with Gasteiger partial charge in [0.2, 0.25) is 15.9 Å². The van der Waals surface area contributed by atoms with Crippen LogP contribution in [0, 0.1) is 0 Å². The van der Waals surface area contributed by atoms with Crippen LogP contribution in [0.4, 0.5) is 11.4 Å². The second kappa shape index (κ2) is 8.68. The van der Waals surface area contributed by atoms with Crippen molar-refractivity contribution in [3.05, 3.63) is 59.7 Å². The summed E-state index contributed by atoms with van der Waals surface area (Å²) in [7, 11) is -3.70. The Labute approximate surface area is 182 Å².